The van der Waals surface area contributed by atoms with Crippen molar-refractivity contribution in [1.29, 1.82) is 0 Å². The summed E-state index contributed by atoms with van der Waals surface area (Å²) in [6, 6.07) is 5.82. The second-order valence-electron chi connectivity index (χ2n) is 8.46. The predicted octanol–water partition coefficient (Wildman–Crippen LogP) is 4.16. The van der Waals surface area contributed by atoms with Crippen molar-refractivity contribution < 1.29 is 9.18 Å². The molecule has 1 aromatic carbocycles. The Balaban J connectivity index is 1.45. The van der Waals surface area contributed by atoms with Crippen molar-refractivity contribution in [2.45, 2.75) is 45.4 Å². The van der Waals surface area contributed by atoms with Crippen molar-refractivity contribution in [2.75, 3.05) is 6.54 Å². The molecule has 4 saturated carbocycles. The molecule has 4 aliphatic carbocycles. The summed E-state index contributed by atoms with van der Waals surface area (Å²) in [5.74, 6) is 1.37. The number of benzene rings is 1. The fraction of sp³-hybridized carbons (Fsp3) is 0.632. The largest absolute Gasteiger partial charge is 0.351 e. The summed E-state index contributed by atoms with van der Waals surface area (Å²) >= 11 is 0. The van der Waals surface area contributed by atoms with Gasteiger partial charge in [0.05, 0.1) is 0 Å². The molecule has 2 unspecified atom stereocenters. The van der Waals surface area contributed by atoms with Gasteiger partial charge in [-0.3, -0.25) is 4.79 Å². The maximum absolute atomic E-state index is 13.0. The lowest BCUT2D eigenvalue weighted by Gasteiger charge is -2.61. The van der Waals surface area contributed by atoms with E-state index in [2.05, 4.69) is 12.2 Å². The Morgan fingerprint density at radius 2 is 1.82 bits per heavy atom. The summed E-state index contributed by atoms with van der Waals surface area (Å²) in [7, 11) is 0. The normalized spacial score (nSPS) is 39.0. The van der Waals surface area contributed by atoms with Crippen molar-refractivity contribution in [2.24, 2.45) is 22.7 Å². The van der Waals surface area contributed by atoms with E-state index in [1.54, 1.807) is 12.1 Å². The van der Waals surface area contributed by atoms with Crippen molar-refractivity contribution in [3.63, 3.8) is 0 Å². The third-order valence-electron chi connectivity index (χ3n) is 6.21. The van der Waals surface area contributed by atoms with Crippen molar-refractivity contribution in [3.8, 4) is 0 Å². The number of carbonyl (C=O) groups excluding carboxylic acids is 1. The van der Waals surface area contributed by atoms with Crippen LogP contribution in [0.2, 0.25) is 0 Å². The maximum Gasteiger partial charge on any atom is 0.251 e. The molecule has 118 valence electrons. The number of rotatable bonds is 3. The molecule has 2 nitrogen and oxygen atoms in total. The first-order valence-corrected chi connectivity index (χ1v) is 8.49. The summed E-state index contributed by atoms with van der Waals surface area (Å²) in [4.78, 5) is 12.3. The van der Waals surface area contributed by atoms with Crippen molar-refractivity contribution >= 4 is 5.91 Å². The van der Waals surface area contributed by atoms with Crippen LogP contribution < -0.4 is 5.32 Å². The quantitative estimate of drug-likeness (QED) is 0.892. The third kappa shape index (κ3) is 2.45. The smallest absolute Gasteiger partial charge is 0.251 e. The summed E-state index contributed by atoms with van der Waals surface area (Å²) < 4.78 is 13.0. The highest BCUT2D eigenvalue weighted by atomic mass is 19.1. The molecule has 0 aromatic heterocycles. The highest BCUT2D eigenvalue weighted by Crippen LogP contribution is 2.64. The molecule has 5 rings (SSSR count). The van der Waals surface area contributed by atoms with Crippen LogP contribution in [0.5, 0.6) is 0 Å². The fourth-order valence-electron chi connectivity index (χ4n) is 6.11. The Morgan fingerprint density at radius 1 is 1.18 bits per heavy atom. The van der Waals surface area contributed by atoms with Crippen LogP contribution >= 0.6 is 0 Å². The zero-order valence-electron chi connectivity index (χ0n) is 13.2. The zero-order valence-corrected chi connectivity index (χ0v) is 13.2. The highest BCUT2D eigenvalue weighted by molar-refractivity contribution is 5.94. The predicted molar refractivity (Wildman–Crippen MR) is 84.0 cm³/mol. The lowest BCUT2D eigenvalue weighted by atomic mass is 9.44. The molecule has 4 aliphatic rings. The first-order valence-electron chi connectivity index (χ1n) is 8.49. The lowest BCUT2D eigenvalue weighted by Crippen LogP contribution is -2.54. The number of nitrogens with one attached hydrogen (secondary N) is 1. The maximum atomic E-state index is 13.0. The molecule has 22 heavy (non-hydrogen) atoms. The second kappa shape index (κ2) is 4.81. The minimum Gasteiger partial charge on any atom is -0.351 e. The molecular formula is C19H24FNO. The van der Waals surface area contributed by atoms with Crippen molar-refractivity contribution in [1.82, 2.24) is 5.32 Å². The Hall–Kier alpha value is -1.38. The monoisotopic (exact) mass is 301 g/mol. The van der Waals surface area contributed by atoms with Gasteiger partial charge in [0, 0.05) is 12.1 Å². The molecule has 0 heterocycles. The van der Waals surface area contributed by atoms with Crippen LogP contribution in [-0.4, -0.2) is 12.5 Å². The number of hydrogen-bond donors (Lipinski definition) is 1. The number of amides is 1. The van der Waals surface area contributed by atoms with E-state index < -0.39 is 0 Å². The topological polar surface area (TPSA) is 29.1 Å². The van der Waals surface area contributed by atoms with Crippen LogP contribution in [0.15, 0.2) is 24.3 Å². The van der Waals surface area contributed by atoms with Gasteiger partial charge >= 0.3 is 0 Å². The van der Waals surface area contributed by atoms with Crippen LogP contribution in [0.1, 0.15) is 55.8 Å². The van der Waals surface area contributed by atoms with Gasteiger partial charge in [-0.05, 0) is 85.5 Å². The second-order valence-corrected chi connectivity index (χ2v) is 8.46. The fourth-order valence-corrected chi connectivity index (χ4v) is 6.11. The van der Waals surface area contributed by atoms with E-state index >= 15 is 0 Å². The van der Waals surface area contributed by atoms with Crippen LogP contribution in [0.4, 0.5) is 4.39 Å². The van der Waals surface area contributed by atoms with Gasteiger partial charge in [0.15, 0.2) is 0 Å². The lowest BCUT2D eigenvalue weighted by molar-refractivity contribution is -0.0989. The Bertz CT molecular complexity index is 580. The summed E-state index contributed by atoms with van der Waals surface area (Å²) in [6.07, 6.45) is 8.00. The van der Waals surface area contributed by atoms with Gasteiger partial charge < -0.3 is 5.32 Å². The first kappa shape index (κ1) is 14.2. The van der Waals surface area contributed by atoms with Crippen LogP contribution in [0, 0.1) is 28.5 Å². The van der Waals surface area contributed by atoms with E-state index in [9.17, 15) is 9.18 Å². The molecule has 0 saturated heterocycles. The molecule has 0 radical (unpaired) electrons. The Kier molecular flexibility index (Phi) is 3.11. The van der Waals surface area contributed by atoms with Crippen LogP contribution in [0.25, 0.3) is 0 Å². The molecule has 3 heteroatoms. The van der Waals surface area contributed by atoms with Gasteiger partial charge in [0.1, 0.15) is 5.82 Å². The average molecular weight is 301 g/mol. The molecule has 4 atom stereocenters. The minimum absolute atomic E-state index is 0.0686. The molecule has 1 N–H and O–H groups in total. The molecule has 1 amide bonds. The summed E-state index contributed by atoms with van der Waals surface area (Å²) in [5.41, 5.74) is 1.37. The van der Waals surface area contributed by atoms with E-state index in [4.69, 9.17) is 0 Å². The van der Waals surface area contributed by atoms with Gasteiger partial charge in [0.25, 0.3) is 5.91 Å². The highest BCUT2D eigenvalue weighted by Gasteiger charge is 2.55. The van der Waals surface area contributed by atoms with Gasteiger partial charge in [-0.2, -0.15) is 0 Å². The number of hydrogen-bond acceptors (Lipinski definition) is 1. The SMILES string of the molecule is CC12C[C@H]3C[C@@H](C1)CC(CNC(=O)c1ccc(F)cc1)(C3)C2. The van der Waals surface area contributed by atoms with E-state index in [-0.39, 0.29) is 11.7 Å². The standard InChI is InChI=1S/C19H24FNO/c1-18-7-13-6-14(8-18)10-19(9-13,11-18)12-21-17(22)15-2-4-16(20)5-3-15/h2-5,13-14H,6-12H2,1H3,(H,21,22)/t13-,14+,18?,19?. The van der Waals surface area contributed by atoms with Gasteiger partial charge in [-0.15, -0.1) is 0 Å². The average Bonchev–Trinajstić information content (AvgIpc) is 2.43. The Morgan fingerprint density at radius 3 is 2.41 bits per heavy atom. The molecular weight excluding hydrogens is 277 g/mol. The number of carbonyl (C=O) groups is 1. The van der Waals surface area contributed by atoms with Crippen LogP contribution in [0.3, 0.4) is 0 Å². The van der Waals surface area contributed by atoms with Gasteiger partial charge in [0.2, 0.25) is 0 Å². The molecule has 0 spiro atoms. The van der Waals surface area contributed by atoms with E-state index in [1.165, 1.54) is 50.7 Å². The van der Waals surface area contributed by atoms with Gasteiger partial charge in [-0.25, -0.2) is 4.39 Å². The first-order chi connectivity index (χ1) is 10.5. The van der Waals surface area contributed by atoms with E-state index in [0.717, 1.165) is 18.4 Å². The third-order valence-corrected chi connectivity index (χ3v) is 6.21. The number of halogens is 1. The van der Waals surface area contributed by atoms with Gasteiger partial charge in [-0.1, -0.05) is 6.92 Å². The van der Waals surface area contributed by atoms with E-state index in [0.29, 0.717) is 16.4 Å². The zero-order chi connectivity index (χ0) is 15.4. The molecule has 1 aromatic rings. The molecule has 0 aliphatic heterocycles. The van der Waals surface area contributed by atoms with Crippen LogP contribution in [-0.2, 0) is 0 Å². The summed E-state index contributed by atoms with van der Waals surface area (Å²) in [5, 5.41) is 3.13. The summed E-state index contributed by atoms with van der Waals surface area (Å²) in [6.45, 7) is 3.23. The van der Waals surface area contributed by atoms with E-state index in [1.807, 2.05) is 0 Å². The minimum atomic E-state index is -0.300. The molecule has 4 bridgehead atoms. The molecule has 4 fully saturated rings. The Labute approximate surface area is 131 Å². The van der Waals surface area contributed by atoms with Crippen molar-refractivity contribution in [3.05, 3.63) is 35.6 Å².